The Morgan fingerprint density at radius 3 is 2.62 bits per heavy atom. The van der Waals surface area contributed by atoms with E-state index in [1.807, 2.05) is 6.20 Å². The maximum atomic E-state index is 14.1. The fraction of sp³-hybridized carbons (Fsp3) is 0.542. The smallest absolute Gasteiger partial charge is 0.248 e. The molecule has 6 atom stereocenters. The Kier molecular flexibility index (Phi) is 6.64. The molecule has 1 unspecified atom stereocenters. The lowest BCUT2D eigenvalue weighted by atomic mass is 9.91. The molecule has 2 fully saturated rings. The van der Waals surface area contributed by atoms with Crippen molar-refractivity contribution in [1.82, 2.24) is 25.4 Å². The third-order valence-electron chi connectivity index (χ3n) is 7.26. The van der Waals surface area contributed by atoms with E-state index in [4.69, 9.17) is 0 Å². The van der Waals surface area contributed by atoms with Gasteiger partial charge in [-0.2, -0.15) is 0 Å². The summed E-state index contributed by atoms with van der Waals surface area (Å²) in [5.74, 6) is -1.46. The third-order valence-corrected chi connectivity index (χ3v) is 7.26. The number of fused-ring (bicyclic) bond motifs is 2. The fourth-order valence-corrected chi connectivity index (χ4v) is 5.38. The Morgan fingerprint density at radius 2 is 1.97 bits per heavy atom. The number of carbonyl (C=O) groups excluding carboxylic acids is 3. The van der Waals surface area contributed by atoms with E-state index in [2.05, 4.69) is 15.6 Å². The number of aliphatic hydroxyl groups is 1. The van der Waals surface area contributed by atoms with Crippen molar-refractivity contribution < 1.29 is 23.9 Å². The molecule has 1 aromatic carbocycles. The van der Waals surface area contributed by atoms with Gasteiger partial charge in [-0.1, -0.05) is 0 Å². The van der Waals surface area contributed by atoms with Crippen molar-refractivity contribution in [2.24, 2.45) is 0 Å². The molecule has 10 heteroatoms. The highest BCUT2D eigenvalue weighted by molar-refractivity contribution is 5.91. The highest BCUT2D eigenvalue weighted by Gasteiger charge is 2.53. The summed E-state index contributed by atoms with van der Waals surface area (Å²) in [7, 11) is 1.64. The molecular formula is C24H32FN5O4. The molecule has 9 nitrogen and oxygen atoms in total. The van der Waals surface area contributed by atoms with Crippen molar-refractivity contribution >= 4 is 28.6 Å². The van der Waals surface area contributed by atoms with E-state index in [1.54, 1.807) is 29.8 Å². The van der Waals surface area contributed by atoms with E-state index in [9.17, 15) is 23.9 Å². The summed E-state index contributed by atoms with van der Waals surface area (Å²) >= 11 is 0. The van der Waals surface area contributed by atoms with Crippen LogP contribution in [0.3, 0.4) is 0 Å². The van der Waals surface area contributed by atoms with Crippen LogP contribution in [-0.2, 0) is 14.4 Å². The molecule has 0 spiro atoms. The predicted octanol–water partition coefficient (Wildman–Crippen LogP) is 0.696. The second kappa shape index (κ2) is 9.34. The Morgan fingerprint density at radius 1 is 1.24 bits per heavy atom. The number of benzene rings is 1. The van der Waals surface area contributed by atoms with Gasteiger partial charge in [0.15, 0.2) is 0 Å². The minimum Gasteiger partial charge on any atom is -0.391 e. The number of aromatic amines is 1. The van der Waals surface area contributed by atoms with Crippen molar-refractivity contribution in [3.05, 3.63) is 35.8 Å². The normalized spacial score (nSPS) is 24.7. The quantitative estimate of drug-likeness (QED) is 0.493. The molecule has 0 bridgehead atoms. The zero-order valence-electron chi connectivity index (χ0n) is 19.8. The summed E-state index contributed by atoms with van der Waals surface area (Å²) in [6, 6.07) is 2.33. The zero-order valence-corrected chi connectivity index (χ0v) is 19.8. The lowest BCUT2D eigenvalue weighted by molar-refractivity contribution is -0.140. The van der Waals surface area contributed by atoms with Gasteiger partial charge in [-0.3, -0.25) is 14.4 Å². The molecule has 0 aliphatic carbocycles. The summed E-state index contributed by atoms with van der Waals surface area (Å²) < 4.78 is 14.1. The van der Waals surface area contributed by atoms with Crippen LogP contribution in [0.5, 0.6) is 0 Å². The Hall–Kier alpha value is -2.98. The number of nitrogens with zero attached hydrogens (tertiary/aromatic N) is 2. The summed E-state index contributed by atoms with van der Waals surface area (Å²) in [6.45, 7) is 5.44. The number of hydrogen-bond acceptors (Lipinski definition) is 5. The summed E-state index contributed by atoms with van der Waals surface area (Å²) in [6.07, 6.45) is 1.31. The van der Waals surface area contributed by atoms with Crippen LogP contribution >= 0.6 is 0 Å². The number of nitrogens with one attached hydrogen (secondary N) is 3. The van der Waals surface area contributed by atoms with Crippen molar-refractivity contribution in [1.29, 1.82) is 0 Å². The first-order valence-electron chi connectivity index (χ1n) is 11.6. The largest absolute Gasteiger partial charge is 0.391 e. The van der Waals surface area contributed by atoms with Gasteiger partial charge in [-0.15, -0.1) is 0 Å². The van der Waals surface area contributed by atoms with Crippen LogP contribution in [0.2, 0.25) is 0 Å². The van der Waals surface area contributed by atoms with Gasteiger partial charge < -0.3 is 30.5 Å². The molecule has 184 valence electrons. The summed E-state index contributed by atoms with van der Waals surface area (Å²) in [4.78, 5) is 45.2. The second-order valence-corrected chi connectivity index (χ2v) is 9.33. The molecule has 1 aromatic heterocycles. The van der Waals surface area contributed by atoms with Gasteiger partial charge in [0.2, 0.25) is 17.7 Å². The van der Waals surface area contributed by atoms with Crippen LogP contribution in [0.1, 0.15) is 38.7 Å². The van der Waals surface area contributed by atoms with Gasteiger partial charge in [0.05, 0.1) is 24.2 Å². The van der Waals surface area contributed by atoms with Crippen molar-refractivity contribution in [2.75, 3.05) is 20.1 Å². The van der Waals surface area contributed by atoms with E-state index in [0.29, 0.717) is 19.5 Å². The van der Waals surface area contributed by atoms with Crippen LogP contribution < -0.4 is 10.6 Å². The molecule has 0 radical (unpaired) electrons. The van der Waals surface area contributed by atoms with Crippen LogP contribution in [0.15, 0.2) is 24.4 Å². The van der Waals surface area contributed by atoms with Crippen LogP contribution in [-0.4, -0.2) is 88.0 Å². The van der Waals surface area contributed by atoms with Gasteiger partial charge in [0, 0.05) is 43.0 Å². The zero-order chi connectivity index (χ0) is 24.7. The number of likely N-dealkylation sites (tertiary alicyclic amines) is 2. The van der Waals surface area contributed by atoms with Gasteiger partial charge in [0.1, 0.15) is 11.9 Å². The van der Waals surface area contributed by atoms with Gasteiger partial charge >= 0.3 is 0 Å². The van der Waals surface area contributed by atoms with Crippen molar-refractivity contribution in [2.45, 2.75) is 63.4 Å². The number of likely N-dealkylation sites (N-methyl/N-ethyl adjacent to an activating group) is 1. The Bertz CT molecular complexity index is 1100. The molecule has 4 rings (SSSR count). The monoisotopic (exact) mass is 473 g/mol. The first kappa shape index (κ1) is 24.2. The molecule has 2 aliphatic heterocycles. The minimum atomic E-state index is -1.12. The van der Waals surface area contributed by atoms with E-state index in [-0.39, 0.29) is 35.6 Å². The number of H-pyrrole nitrogens is 1. The first-order chi connectivity index (χ1) is 16.1. The lowest BCUT2D eigenvalue weighted by Crippen LogP contribution is -2.58. The molecule has 2 aromatic rings. The molecule has 2 aliphatic rings. The topological polar surface area (TPSA) is 118 Å². The molecule has 3 amide bonds. The van der Waals surface area contributed by atoms with E-state index in [0.717, 1.165) is 16.5 Å². The van der Waals surface area contributed by atoms with E-state index >= 15 is 0 Å². The SMILES string of the molecule is CN[C@@H](C)C(=O)NC(C(=O)N1CC[C@@H]2[C@H]1[C@@H](c1c[nH]c3ccc(F)cc13)CN2C(C)=O)[C@@H](C)O. The highest BCUT2D eigenvalue weighted by Crippen LogP contribution is 2.43. The van der Waals surface area contributed by atoms with Gasteiger partial charge in [0.25, 0.3) is 0 Å². The average Bonchev–Trinajstić information content (AvgIpc) is 3.49. The molecule has 34 heavy (non-hydrogen) atoms. The van der Waals surface area contributed by atoms with E-state index in [1.165, 1.54) is 26.0 Å². The number of aliphatic hydroxyl groups excluding tert-OH is 1. The molecule has 3 heterocycles. The fourth-order valence-electron chi connectivity index (χ4n) is 5.38. The third kappa shape index (κ3) is 4.16. The van der Waals surface area contributed by atoms with E-state index < -0.39 is 24.1 Å². The average molecular weight is 474 g/mol. The van der Waals surface area contributed by atoms with Crippen LogP contribution in [0, 0.1) is 5.82 Å². The molecule has 4 N–H and O–H groups in total. The van der Waals surface area contributed by atoms with Crippen molar-refractivity contribution in [3.8, 4) is 0 Å². The Balaban J connectivity index is 1.69. The standard InChI is InChI=1S/C24H32FN5O4/c1-12(26-4)23(33)28-21(13(2)31)24(34)29-8-7-20-22(29)18(11-30(20)14(3)32)17-10-27-19-6-5-15(25)9-16(17)19/h5-6,9-10,12-13,18,20-22,26-27,31H,7-8,11H2,1-4H3,(H,28,33)/t12-,13+,18+,20+,21?,22+/m0/s1. The molecular weight excluding hydrogens is 441 g/mol. The number of carbonyl (C=O) groups is 3. The molecule has 2 saturated heterocycles. The first-order valence-corrected chi connectivity index (χ1v) is 11.6. The number of amides is 3. The number of rotatable bonds is 6. The maximum absolute atomic E-state index is 14.1. The number of hydrogen-bond donors (Lipinski definition) is 4. The lowest BCUT2D eigenvalue weighted by Gasteiger charge is -2.33. The number of aromatic nitrogens is 1. The Labute approximate surface area is 197 Å². The number of halogens is 1. The minimum absolute atomic E-state index is 0.0824. The predicted molar refractivity (Wildman–Crippen MR) is 124 cm³/mol. The van der Waals surface area contributed by atoms with Crippen LogP contribution in [0.4, 0.5) is 4.39 Å². The second-order valence-electron chi connectivity index (χ2n) is 9.33. The summed E-state index contributed by atoms with van der Waals surface area (Å²) in [5, 5.41) is 16.6. The highest BCUT2D eigenvalue weighted by atomic mass is 19.1. The molecule has 0 saturated carbocycles. The maximum Gasteiger partial charge on any atom is 0.248 e. The van der Waals surface area contributed by atoms with Gasteiger partial charge in [-0.25, -0.2) is 4.39 Å². The van der Waals surface area contributed by atoms with Crippen LogP contribution in [0.25, 0.3) is 10.9 Å². The van der Waals surface area contributed by atoms with Gasteiger partial charge in [-0.05, 0) is 51.1 Å². The van der Waals surface area contributed by atoms with Crippen molar-refractivity contribution in [3.63, 3.8) is 0 Å². The summed E-state index contributed by atoms with van der Waals surface area (Å²) in [5.41, 5.74) is 1.62.